The second-order valence-corrected chi connectivity index (χ2v) is 11.6. The molecule has 0 fully saturated rings. The van der Waals surface area contributed by atoms with E-state index in [0.29, 0.717) is 0 Å². The van der Waals surface area contributed by atoms with Gasteiger partial charge >= 0.3 is 0 Å². The first-order chi connectivity index (χ1) is 21.8. The summed E-state index contributed by atoms with van der Waals surface area (Å²) >= 11 is 3.62. The van der Waals surface area contributed by atoms with Gasteiger partial charge in [-0.2, -0.15) is 0 Å². The van der Waals surface area contributed by atoms with Gasteiger partial charge in [-0.05, 0) is 81.3 Å². The summed E-state index contributed by atoms with van der Waals surface area (Å²) in [6, 6.07) is 64.8. The van der Waals surface area contributed by atoms with E-state index in [0.717, 1.165) is 27.1 Å². The van der Waals surface area contributed by atoms with Crippen LogP contribution in [-0.2, 0) is 0 Å². The highest BCUT2D eigenvalue weighted by Gasteiger charge is 2.19. The highest BCUT2D eigenvalue weighted by Crippen LogP contribution is 2.41. The molecule has 7 rings (SSSR count). The molecule has 0 heterocycles. The van der Waals surface area contributed by atoms with E-state index in [9.17, 15) is 0 Å². The van der Waals surface area contributed by atoms with Gasteiger partial charge in [0, 0.05) is 21.2 Å². The van der Waals surface area contributed by atoms with Crippen molar-refractivity contribution in [3.63, 3.8) is 0 Å². The molecular weight excluding hydrogens is 598 g/mol. The lowest BCUT2D eigenvalue weighted by molar-refractivity contribution is 1.29. The predicted molar refractivity (Wildman–Crippen MR) is 191 cm³/mol. The number of fused-ring (bicyclic) bond motifs is 1. The maximum absolute atomic E-state index is 3.62. The van der Waals surface area contributed by atoms with Crippen molar-refractivity contribution in [2.45, 2.75) is 0 Å². The van der Waals surface area contributed by atoms with Crippen LogP contribution in [0.3, 0.4) is 0 Å². The number of nitrogens with zero attached hydrogens (tertiary/aromatic N) is 1. The van der Waals surface area contributed by atoms with Crippen molar-refractivity contribution < 1.29 is 0 Å². The third kappa shape index (κ3) is 5.60. The van der Waals surface area contributed by atoms with Crippen molar-refractivity contribution in [2.24, 2.45) is 0 Å². The lowest BCUT2D eigenvalue weighted by Gasteiger charge is -2.27. The average Bonchev–Trinajstić information content (AvgIpc) is 3.10. The molecule has 7 aromatic rings. The maximum atomic E-state index is 3.62. The molecule has 0 amide bonds. The van der Waals surface area contributed by atoms with E-state index in [-0.39, 0.29) is 0 Å². The fraction of sp³-hybridized carbons (Fsp3) is 0. The van der Waals surface area contributed by atoms with Crippen molar-refractivity contribution in [3.8, 4) is 0 Å². The highest BCUT2D eigenvalue weighted by molar-refractivity contribution is 9.10. The van der Waals surface area contributed by atoms with Gasteiger partial charge in [-0.3, -0.25) is 0 Å². The second-order valence-electron chi connectivity index (χ2n) is 10.7. The fourth-order valence-electron chi connectivity index (χ4n) is 5.92. The first-order valence-corrected chi connectivity index (χ1v) is 15.6. The number of benzene rings is 7. The van der Waals surface area contributed by atoms with Crippen LogP contribution in [0.2, 0.25) is 0 Å². The molecule has 2 heteroatoms. The van der Waals surface area contributed by atoms with E-state index in [1.807, 2.05) is 0 Å². The molecule has 0 unspecified atom stereocenters. The summed E-state index contributed by atoms with van der Waals surface area (Å²) in [7, 11) is 0. The minimum atomic E-state index is 1.06. The monoisotopic (exact) mass is 627 g/mol. The smallest absolute Gasteiger partial charge is 0.0540 e. The number of hydrogen-bond donors (Lipinski definition) is 0. The lowest BCUT2D eigenvalue weighted by Crippen LogP contribution is -2.10. The first-order valence-electron chi connectivity index (χ1n) is 14.8. The normalized spacial score (nSPS) is 10.8. The van der Waals surface area contributed by atoms with Crippen LogP contribution in [0, 0.1) is 0 Å². The lowest BCUT2D eigenvalue weighted by atomic mass is 9.86. The number of hydrogen-bond acceptors (Lipinski definition) is 1. The van der Waals surface area contributed by atoms with E-state index in [2.05, 4.69) is 203 Å². The Kier molecular flexibility index (Phi) is 7.91. The summed E-state index contributed by atoms with van der Waals surface area (Å²) in [5, 5.41) is 2.43. The minimum absolute atomic E-state index is 1.06. The molecule has 0 bridgehead atoms. The average molecular weight is 629 g/mol. The molecule has 0 aliphatic heterocycles. The Labute approximate surface area is 267 Å². The van der Waals surface area contributed by atoms with Gasteiger partial charge < -0.3 is 4.90 Å². The molecule has 0 spiro atoms. The standard InChI is InChI=1S/C42H30BrN/c43-36-25-29-38(30-26-36)44(40-22-12-20-31-13-10-11-21-39(31)40)37-27-23-35(24-28-37)42(34-18-8-3-9-19-34)41(32-14-4-1-5-15-32)33-16-6-2-7-17-33/h1-30H. The Hall–Kier alpha value is -5.18. The second kappa shape index (κ2) is 12.6. The number of rotatable bonds is 7. The van der Waals surface area contributed by atoms with E-state index < -0.39 is 0 Å². The fourth-order valence-corrected chi connectivity index (χ4v) is 6.19. The molecule has 7 aromatic carbocycles. The van der Waals surface area contributed by atoms with Gasteiger partial charge in [0.25, 0.3) is 0 Å². The zero-order valence-corrected chi connectivity index (χ0v) is 25.7. The molecule has 210 valence electrons. The van der Waals surface area contributed by atoms with Gasteiger partial charge in [0.05, 0.1) is 5.69 Å². The van der Waals surface area contributed by atoms with Crippen LogP contribution in [0.15, 0.2) is 186 Å². The van der Waals surface area contributed by atoms with Crippen LogP contribution >= 0.6 is 15.9 Å². The number of anilines is 3. The van der Waals surface area contributed by atoms with Crippen LogP contribution in [-0.4, -0.2) is 0 Å². The maximum Gasteiger partial charge on any atom is 0.0540 e. The summed E-state index contributed by atoms with van der Waals surface area (Å²) in [6.07, 6.45) is 0. The van der Waals surface area contributed by atoms with Gasteiger partial charge in [0.15, 0.2) is 0 Å². The third-order valence-electron chi connectivity index (χ3n) is 7.94. The zero-order valence-electron chi connectivity index (χ0n) is 24.1. The van der Waals surface area contributed by atoms with Crippen LogP contribution in [0.1, 0.15) is 22.3 Å². The molecule has 0 saturated heterocycles. The highest BCUT2D eigenvalue weighted by atomic mass is 79.9. The Bertz CT molecular complexity index is 1980. The summed E-state index contributed by atoms with van der Waals surface area (Å²) < 4.78 is 1.06. The number of halogens is 1. The molecule has 0 atom stereocenters. The van der Waals surface area contributed by atoms with Crippen molar-refractivity contribution in [2.75, 3.05) is 4.90 Å². The quantitative estimate of drug-likeness (QED) is 0.159. The van der Waals surface area contributed by atoms with Crippen molar-refractivity contribution >= 4 is 54.9 Å². The van der Waals surface area contributed by atoms with Crippen LogP contribution in [0.5, 0.6) is 0 Å². The van der Waals surface area contributed by atoms with Gasteiger partial charge in [0.1, 0.15) is 0 Å². The largest absolute Gasteiger partial charge is 0.310 e. The summed E-state index contributed by atoms with van der Waals surface area (Å²) in [5.74, 6) is 0. The Morgan fingerprint density at radius 3 is 1.30 bits per heavy atom. The van der Waals surface area contributed by atoms with E-state index >= 15 is 0 Å². The molecule has 44 heavy (non-hydrogen) atoms. The van der Waals surface area contributed by atoms with Gasteiger partial charge in [0.2, 0.25) is 0 Å². The molecule has 0 saturated carbocycles. The molecule has 0 aliphatic rings. The summed E-state index contributed by atoms with van der Waals surface area (Å²) in [4.78, 5) is 2.35. The van der Waals surface area contributed by atoms with Gasteiger partial charge in [-0.1, -0.05) is 155 Å². The van der Waals surface area contributed by atoms with Crippen molar-refractivity contribution in [1.82, 2.24) is 0 Å². The van der Waals surface area contributed by atoms with Crippen molar-refractivity contribution in [1.29, 1.82) is 0 Å². The van der Waals surface area contributed by atoms with Crippen LogP contribution in [0.25, 0.3) is 21.9 Å². The molecule has 0 aliphatic carbocycles. The first kappa shape index (κ1) is 27.6. The Balaban J connectivity index is 1.44. The SMILES string of the molecule is Brc1ccc(N(c2ccc(C(=C(c3ccccc3)c3ccccc3)c3ccccc3)cc2)c2cccc3ccccc23)cc1. The molecular formula is C42H30BrN. The molecule has 0 aromatic heterocycles. The Morgan fingerprint density at radius 1 is 0.364 bits per heavy atom. The molecule has 0 radical (unpaired) electrons. The molecule has 0 N–H and O–H groups in total. The van der Waals surface area contributed by atoms with E-state index in [4.69, 9.17) is 0 Å². The van der Waals surface area contributed by atoms with E-state index in [1.54, 1.807) is 0 Å². The topological polar surface area (TPSA) is 3.24 Å². The van der Waals surface area contributed by atoms with Crippen LogP contribution < -0.4 is 4.90 Å². The summed E-state index contributed by atoms with van der Waals surface area (Å²) in [6.45, 7) is 0. The molecule has 1 nitrogen and oxygen atoms in total. The predicted octanol–water partition coefficient (Wildman–Crippen LogP) is 12.1. The zero-order chi connectivity index (χ0) is 29.7. The van der Waals surface area contributed by atoms with Crippen LogP contribution in [0.4, 0.5) is 17.1 Å². The van der Waals surface area contributed by atoms with Crippen molar-refractivity contribution in [3.05, 3.63) is 209 Å². The van der Waals surface area contributed by atoms with Gasteiger partial charge in [-0.15, -0.1) is 0 Å². The third-order valence-corrected chi connectivity index (χ3v) is 8.47. The minimum Gasteiger partial charge on any atom is -0.310 e. The summed E-state index contributed by atoms with van der Waals surface area (Å²) in [5.41, 5.74) is 10.5. The van der Waals surface area contributed by atoms with Gasteiger partial charge in [-0.25, -0.2) is 0 Å². The van der Waals surface area contributed by atoms with E-state index in [1.165, 1.54) is 38.6 Å². The Morgan fingerprint density at radius 2 is 0.773 bits per heavy atom.